The van der Waals surface area contributed by atoms with Crippen LogP contribution in [0.4, 0.5) is 0 Å². The maximum Gasteiger partial charge on any atom is 0.125 e. The molecule has 1 aromatic carbocycles. The van der Waals surface area contributed by atoms with E-state index < -0.39 is 0 Å². The van der Waals surface area contributed by atoms with Gasteiger partial charge in [0.1, 0.15) is 12.0 Å². The predicted octanol–water partition coefficient (Wildman–Crippen LogP) is 3.01. The van der Waals surface area contributed by atoms with Crippen LogP contribution in [0.1, 0.15) is 19.4 Å². The van der Waals surface area contributed by atoms with Crippen molar-refractivity contribution < 1.29 is 19.0 Å². The minimum absolute atomic E-state index is 0.159. The second-order valence-corrected chi connectivity index (χ2v) is 4.96. The van der Waals surface area contributed by atoms with Gasteiger partial charge < -0.3 is 19.0 Å². The first-order valence-electron chi connectivity index (χ1n) is 6.97. The monoisotopic (exact) mass is 292 g/mol. The SMILES string of the molecule is COc1ccc(COC/C=C(\C)[C@H](OC)[C@@H](C)C=O)cc1. The maximum absolute atomic E-state index is 10.8. The molecule has 0 amide bonds. The molecule has 1 rings (SSSR count). The summed E-state index contributed by atoms with van der Waals surface area (Å²) in [6.45, 7) is 4.82. The third-order valence-corrected chi connectivity index (χ3v) is 3.35. The molecule has 116 valence electrons. The minimum atomic E-state index is -0.188. The first-order valence-corrected chi connectivity index (χ1v) is 6.97. The standard InChI is InChI=1S/C17H24O4/c1-13(17(20-4)14(2)11-18)9-10-21-12-15-5-7-16(19-3)8-6-15/h5-9,11,14,17H,10,12H2,1-4H3/b13-9+/t14-,17-/m0/s1. The Labute approximate surface area is 126 Å². The Bertz CT molecular complexity index is 450. The van der Waals surface area contributed by atoms with Crippen molar-refractivity contribution in [3.63, 3.8) is 0 Å². The molecule has 0 spiro atoms. The Balaban J connectivity index is 2.43. The molecule has 0 radical (unpaired) electrons. The number of benzene rings is 1. The molecule has 0 aliphatic heterocycles. The zero-order chi connectivity index (χ0) is 15.7. The summed E-state index contributed by atoms with van der Waals surface area (Å²) in [7, 11) is 3.26. The summed E-state index contributed by atoms with van der Waals surface area (Å²) in [5.41, 5.74) is 2.10. The molecule has 0 aliphatic rings. The summed E-state index contributed by atoms with van der Waals surface area (Å²) in [6, 6.07) is 7.77. The van der Waals surface area contributed by atoms with Crippen LogP contribution in [0.2, 0.25) is 0 Å². The van der Waals surface area contributed by atoms with Crippen LogP contribution in [-0.4, -0.2) is 33.2 Å². The van der Waals surface area contributed by atoms with E-state index in [1.54, 1.807) is 14.2 Å². The fourth-order valence-electron chi connectivity index (χ4n) is 2.09. The largest absolute Gasteiger partial charge is 0.497 e. The van der Waals surface area contributed by atoms with Crippen LogP contribution in [0.3, 0.4) is 0 Å². The summed E-state index contributed by atoms with van der Waals surface area (Å²) >= 11 is 0. The van der Waals surface area contributed by atoms with Gasteiger partial charge in [-0.2, -0.15) is 0 Å². The number of hydrogen-bond donors (Lipinski definition) is 0. The molecule has 1 aromatic rings. The van der Waals surface area contributed by atoms with Crippen molar-refractivity contribution in [1.29, 1.82) is 0 Å². The van der Waals surface area contributed by atoms with Gasteiger partial charge in [-0.25, -0.2) is 0 Å². The van der Waals surface area contributed by atoms with Crippen molar-refractivity contribution in [3.05, 3.63) is 41.5 Å². The summed E-state index contributed by atoms with van der Waals surface area (Å²) in [5.74, 6) is 0.674. The van der Waals surface area contributed by atoms with Gasteiger partial charge in [-0.05, 0) is 30.2 Å². The van der Waals surface area contributed by atoms with E-state index in [2.05, 4.69) is 0 Å². The fraction of sp³-hybridized carbons (Fsp3) is 0.471. The normalized spacial score (nSPS) is 14.6. The molecule has 0 aliphatic carbocycles. The molecule has 0 unspecified atom stereocenters. The topological polar surface area (TPSA) is 44.8 Å². The van der Waals surface area contributed by atoms with Gasteiger partial charge in [0, 0.05) is 13.0 Å². The second kappa shape index (κ2) is 9.32. The third kappa shape index (κ3) is 5.69. The van der Waals surface area contributed by atoms with E-state index in [0.717, 1.165) is 23.2 Å². The Morgan fingerprint density at radius 3 is 2.43 bits per heavy atom. The van der Waals surface area contributed by atoms with E-state index in [9.17, 15) is 4.79 Å². The van der Waals surface area contributed by atoms with Crippen LogP contribution in [0.15, 0.2) is 35.9 Å². The molecule has 0 heterocycles. The molecule has 0 N–H and O–H groups in total. The molecule has 0 bridgehead atoms. The molecule has 4 nitrogen and oxygen atoms in total. The highest BCUT2D eigenvalue weighted by atomic mass is 16.5. The van der Waals surface area contributed by atoms with E-state index >= 15 is 0 Å². The molecule has 2 atom stereocenters. The average Bonchev–Trinajstić information content (AvgIpc) is 2.52. The smallest absolute Gasteiger partial charge is 0.125 e. The van der Waals surface area contributed by atoms with Gasteiger partial charge in [-0.3, -0.25) is 0 Å². The number of carbonyl (C=O) groups excluding carboxylic acids is 1. The van der Waals surface area contributed by atoms with Crippen LogP contribution in [0.5, 0.6) is 5.75 Å². The van der Waals surface area contributed by atoms with E-state index in [-0.39, 0.29) is 12.0 Å². The summed E-state index contributed by atoms with van der Waals surface area (Å²) in [6.07, 6.45) is 2.67. The van der Waals surface area contributed by atoms with Gasteiger partial charge in [0.05, 0.1) is 26.4 Å². The molecule has 21 heavy (non-hydrogen) atoms. The quantitative estimate of drug-likeness (QED) is 0.399. The molecular formula is C17H24O4. The third-order valence-electron chi connectivity index (χ3n) is 3.35. The van der Waals surface area contributed by atoms with Gasteiger partial charge >= 0.3 is 0 Å². The molecule has 0 aromatic heterocycles. The van der Waals surface area contributed by atoms with Gasteiger partial charge in [0.15, 0.2) is 0 Å². The molecule has 0 fully saturated rings. The highest BCUT2D eigenvalue weighted by molar-refractivity contribution is 5.55. The molecular weight excluding hydrogens is 268 g/mol. The van der Waals surface area contributed by atoms with Gasteiger partial charge in [0.25, 0.3) is 0 Å². The lowest BCUT2D eigenvalue weighted by Gasteiger charge is -2.19. The molecule has 0 saturated heterocycles. The number of carbonyl (C=O) groups is 1. The van der Waals surface area contributed by atoms with Crippen LogP contribution in [0, 0.1) is 5.92 Å². The number of methoxy groups -OCH3 is 2. The van der Waals surface area contributed by atoms with Crippen molar-refractivity contribution in [1.82, 2.24) is 0 Å². The van der Waals surface area contributed by atoms with Crippen LogP contribution in [-0.2, 0) is 20.9 Å². The number of aldehydes is 1. The van der Waals surface area contributed by atoms with Crippen molar-refractivity contribution in [2.24, 2.45) is 5.92 Å². The number of rotatable bonds is 9. The van der Waals surface area contributed by atoms with E-state index in [4.69, 9.17) is 14.2 Å². The van der Waals surface area contributed by atoms with Crippen LogP contribution in [0.25, 0.3) is 0 Å². The second-order valence-electron chi connectivity index (χ2n) is 4.96. The van der Waals surface area contributed by atoms with Crippen molar-refractivity contribution >= 4 is 6.29 Å². The van der Waals surface area contributed by atoms with Crippen LogP contribution < -0.4 is 4.74 Å². The van der Waals surface area contributed by atoms with Crippen LogP contribution >= 0.6 is 0 Å². The highest BCUT2D eigenvalue weighted by Crippen LogP contribution is 2.15. The van der Waals surface area contributed by atoms with E-state index in [1.807, 2.05) is 44.2 Å². The van der Waals surface area contributed by atoms with Gasteiger partial charge in [-0.15, -0.1) is 0 Å². The summed E-state index contributed by atoms with van der Waals surface area (Å²) in [5, 5.41) is 0. The first kappa shape index (κ1) is 17.4. The predicted molar refractivity (Wildman–Crippen MR) is 82.4 cm³/mol. The maximum atomic E-state index is 10.8. The lowest BCUT2D eigenvalue weighted by Crippen LogP contribution is -2.23. The molecule has 0 saturated carbocycles. The van der Waals surface area contributed by atoms with E-state index in [0.29, 0.717) is 13.2 Å². The zero-order valence-electron chi connectivity index (χ0n) is 13.2. The summed E-state index contributed by atoms with van der Waals surface area (Å²) in [4.78, 5) is 10.8. The fourth-order valence-corrected chi connectivity index (χ4v) is 2.09. The first-order chi connectivity index (χ1) is 10.1. The average molecular weight is 292 g/mol. The van der Waals surface area contributed by atoms with Crippen molar-refractivity contribution in [2.45, 2.75) is 26.6 Å². The van der Waals surface area contributed by atoms with Crippen molar-refractivity contribution in [3.8, 4) is 5.75 Å². The summed E-state index contributed by atoms with van der Waals surface area (Å²) < 4.78 is 16.1. The Morgan fingerprint density at radius 1 is 1.24 bits per heavy atom. The molecule has 4 heteroatoms. The minimum Gasteiger partial charge on any atom is -0.497 e. The lowest BCUT2D eigenvalue weighted by molar-refractivity contribution is -0.113. The Morgan fingerprint density at radius 2 is 1.90 bits per heavy atom. The highest BCUT2D eigenvalue weighted by Gasteiger charge is 2.17. The zero-order valence-corrected chi connectivity index (χ0v) is 13.2. The Hall–Kier alpha value is -1.65. The van der Waals surface area contributed by atoms with Gasteiger partial charge in [0.2, 0.25) is 0 Å². The lowest BCUT2D eigenvalue weighted by atomic mass is 9.99. The number of ether oxygens (including phenoxy) is 3. The van der Waals surface area contributed by atoms with Gasteiger partial charge in [-0.1, -0.05) is 25.1 Å². The Kier molecular flexibility index (Phi) is 7.72. The van der Waals surface area contributed by atoms with E-state index in [1.165, 1.54) is 0 Å². The number of hydrogen-bond acceptors (Lipinski definition) is 4. The van der Waals surface area contributed by atoms with Crippen molar-refractivity contribution in [2.75, 3.05) is 20.8 Å².